The van der Waals surface area contributed by atoms with Crippen LogP contribution in [0.3, 0.4) is 0 Å². The second-order valence-corrected chi connectivity index (χ2v) is 9.65. The average Bonchev–Trinajstić information content (AvgIpc) is 3.27. The van der Waals surface area contributed by atoms with Crippen LogP contribution in [0.25, 0.3) is 0 Å². The Balaban J connectivity index is 1.33. The van der Waals surface area contributed by atoms with Gasteiger partial charge in [-0.05, 0) is 48.9 Å². The number of fused-ring (bicyclic) bond motifs is 1. The molecule has 0 radical (unpaired) electrons. The first-order valence-corrected chi connectivity index (χ1v) is 11.9. The van der Waals surface area contributed by atoms with Gasteiger partial charge >= 0.3 is 0 Å². The van der Waals surface area contributed by atoms with Gasteiger partial charge < -0.3 is 19.5 Å². The molecular formula is C22H27N3O6S. The molecule has 9 nitrogen and oxygen atoms in total. The van der Waals surface area contributed by atoms with Crippen molar-refractivity contribution in [1.29, 1.82) is 0 Å². The predicted molar refractivity (Wildman–Crippen MR) is 117 cm³/mol. The van der Waals surface area contributed by atoms with E-state index in [9.17, 15) is 13.2 Å². The summed E-state index contributed by atoms with van der Waals surface area (Å²) >= 11 is 0. The van der Waals surface area contributed by atoms with Gasteiger partial charge in [-0.3, -0.25) is 9.69 Å². The first-order valence-electron chi connectivity index (χ1n) is 10.5. The monoisotopic (exact) mass is 461 g/mol. The van der Waals surface area contributed by atoms with Gasteiger partial charge in [-0.15, -0.1) is 0 Å². The zero-order valence-electron chi connectivity index (χ0n) is 18.1. The molecule has 2 heterocycles. The largest absolute Gasteiger partial charge is 0.481 e. The van der Waals surface area contributed by atoms with Gasteiger partial charge in [-0.2, -0.15) is 4.31 Å². The molecule has 1 saturated heterocycles. The van der Waals surface area contributed by atoms with Crippen LogP contribution in [0, 0.1) is 0 Å². The minimum atomic E-state index is -3.60. The Morgan fingerprint density at radius 1 is 1.06 bits per heavy atom. The number of hydrogen-bond acceptors (Lipinski definition) is 7. The summed E-state index contributed by atoms with van der Waals surface area (Å²) in [4.78, 5) is 14.0. The van der Waals surface area contributed by atoms with Crippen molar-refractivity contribution < 1.29 is 27.4 Å². The third-order valence-corrected chi connectivity index (χ3v) is 7.48. The van der Waals surface area contributed by atoms with Gasteiger partial charge in [-0.1, -0.05) is 6.07 Å². The highest BCUT2D eigenvalue weighted by molar-refractivity contribution is 7.89. The van der Waals surface area contributed by atoms with Crippen LogP contribution in [-0.2, 0) is 21.4 Å². The molecule has 10 heteroatoms. The highest BCUT2D eigenvalue weighted by atomic mass is 32.2. The van der Waals surface area contributed by atoms with Gasteiger partial charge in [0.2, 0.25) is 16.8 Å². The lowest BCUT2D eigenvalue weighted by atomic mass is 10.2. The molecule has 1 atom stereocenters. The minimum absolute atomic E-state index is 0.210. The van der Waals surface area contributed by atoms with Crippen molar-refractivity contribution in [2.24, 2.45) is 0 Å². The zero-order chi connectivity index (χ0) is 22.7. The number of rotatable bonds is 7. The number of amides is 1. The molecule has 1 N–H and O–H groups in total. The Labute approximate surface area is 187 Å². The SMILES string of the molecule is CNC(=O)[C@H](C)Oc1ccc(S(=O)(=O)N2CCN(Cc3ccc4c(c3)OCO4)CC2)cc1. The molecule has 172 valence electrons. The van der Waals surface area contributed by atoms with E-state index in [0.29, 0.717) is 31.9 Å². The maximum absolute atomic E-state index is 13.0. The van der Waals surface area contributed by atoms with Crippen molar-refractivity contribution in [3.63, 3.8) is 0 Å². The fourth-order valence-electron chi connectivity index (χ4n) is 3.73. The van der Waals surface area contributed by atoms with Crippen molar-refractivity contribution in [1.82, 2.24) is 14.5 Å². The van der Waals surface area contributed by atoms with Gasteiger partial charge in [0.05, 0.1) is 4.90 Å². The molecule has 32 heavy (non-hydrogen) atoms. The summed E-state index contributed by atoms with van der Waals surface area (Å²) in [6.07, 6.45) is -0.666. The topological polar surface area (TPSA) is 97.4 Å². The number of carbonyl (C=O) groups is 1. The Hall–Kier alpha value is -2.82. The Kier molecular flexibility index (Phi) is 6.54. The molecule has 0 saturated carbocycles. The molecule has 0 aliphatic carbocycles. The normalized spacial score (nSPS) is 17.7. The molecule has 0 unspecified atom stereocenters. The van der Waals surface area contributed by atoms with Gasteiger partial charge in [0, 0.05) is 39.8 Å². The van der Waals surface area contributed by atoms with Gasteiger partial charge in [-0.25, -0.2) is 8.42 Å². The first kappa shape index (κ1) is 22.4. The van der Waals surface area contributed by atoms with Gasteiger partial charge in [0.25, 0.3) is 5.91 Å². The van der Waals surface area contributed by atoms with Crippen LogP contribution in [0.1, 0.15) is 12.5 Å². The van der Waals surface area contributed by atoms with Crippen molar-refractivity contribution in [2.45, 2.75) is 24.5 Å². The standard InChI is InChI=1S/C22H27N3O6S/c1-16(22(26)23-2)31-18-4-6-19(7-5-18)32(27,28)25-11-9-24(10-12-25)14-17-3-8-20-21(13-17)30-15-29-20/h3-8,13,16H,9-12,14-15H2,1-2H3,(H,23,26)/t16-/m0/s1. The molecule has 2 aromatic rings. The lowest BCUT2D eigenvalue weighted by molar-refractivity contribution is -0.126. The van der Waals surface area contributed by atoms with E-state index < -0.39 is 16.1 Å². The van der Waals surface area contributed by atoms with Crippen molar-refractivity contribution >= 4 is 15.9 Å². The summed E-state index contributed by atoms with van der Waals surface area (Å²) in [5, 5.41) is 2.51. The third kappa shape index (κ3) is 4.82. The highest BCUT2D eigenvalue weighted by Gasteiger charge is 2.29. The number of ether oxygens (including phenoxy) is 3. The predicted octanol–water partition coefficient (Wildman–Crippen LogP) is 1.44. The highest BCUT2D eigenvalue weighted by Crippen LogP contribution is 2.33. The van der Waals surface area contributed by atoms with Crippen LogP contribution in [0.4, 0.5) is 0 Å². The second-order valence-electron chi connectivity index (χ2n) is 7.71. The van der Waals surface area contributed by atoms with E-state index in [0.717, 1.165) is 23.6 Å². The number of nitrogens with one attached hydrogen (secondary N) is 1. The molecule has 2 aliphatic heterocycles. The summed E-state index contributed by atoms with van der Waals surface area (Å²) in [5.74, 6) is 1.69. The maximum Gasteiger partial charge on any atom is 0.260 e. The third-order valence-electron chi connectivity index (χ3n) is 5.56. The van der Waals surface area contributed by atoms with E-state index in [4.69, 9.17) is 14.2 Å². The smallest absolute Gasteiger partial charge is 0.260 e. The number of sulfonamides is 1. The van der Waals surface area contributed by atoms with E-state index in [1.54, 1.807) is 19.1 Å². The van der Waals surface area contributed by atoms with E-state index in [2.05, 4.69) is 10.2 Å². The number of benzene rings is 2. The van der Waals surface area contributed by atoms with Crippen LogP contribution in [-0.4, -0.2) is 69.7 Å². The molecule has 0 spiro atoms. The lowest BCUT2D eigenvalue weighted by Crippen LogP contribution is -2.48. The summed E-state index contributed by atoms with van der Waals surface area (Å²) in [5.41, 5.74) is 1.10. The molecular weight excluding hydrogens is 434 g/mol. The molecule has 2 aliphatic rings. The Bertz CT molecular complexity index is 1070. The van der Waals surface area contributed by atoms with Gasteiger partial charge in [0.1, 0.15) is 5.75 Å². The van der Waals surface area contributed by atoms with E-state index in [1.807, 2.05) is 18.2 Å². The second kappa shape index (κ2) is 9.35. The first-order chi connectivity index (χ1) is 15.4. The fraction of sp³-hybridized carbons (Fsp3) is 0.409. The summed E-state index contributed by atoms with van der Waals surface area (Å²) < 4.78 is 43.9. The molecule has 4 rings (SSSR count). The summed E-state index contributed by atoms with van der Waals surface area (Å²) in [6, 6.07) is 12.1. The van der Waals surface area contributed by atoms with Gasteiger partial charge in [0.15, 0.2) is 17.6 Å². The number of likely N-dealkylation sites (N-methyl/N-ethyl adjacent to an activating group) is 1. The van der Waals surface area contributed by atoms with Crippen molar-refractivity contribution in [3.05, 3.63) is 48.0 Å². The Morgan fingerprint density at radius 3 is 2.44 bits per heavy atom. The maximum atomic E-state index is 13.0. The molecule has 0 aromatic heterocycles. The minimum Gasteiger partial charge on any atom is -0.481 e. The number of carbonyl (C=O) groups excluding carboxylic acids is 1. The quantitative estimate of drug-likeness (QED) is 0.666. The molecule has 1 fully saturated rings. The van der Waals surface area contributed by atoms with Crippen LogP contribution in [0.2, 0.25) is 0 Å². The zero-order valence-corrected chi connectivity index (χ0v) is 18.9. The number of hydrogen-bond donors (Lipinski definition) is 1. The summed E-state index contributed by atoms with van der Waals surface area (Å²) in [7, 11) is -2.06. The fourth-order valence-corrected chi connectivity index (χ4v) is 5.15. The molecule has 1 amide bonds. The van der Waals surface area contributed by atoms with Crippen LogP contribution in [0.5, 0.6) is 17.2 Å². The van der Waals surface area contributed by atoms with E-state index in [1.165, 1.54) is 23.5 Å². The average molecular weight is 462 g/mol. The van der Waals surface area contributed by atoms with Crippen LogP contribution < -0.4 is 19.5 Å². The lowest BCUT2D eigenvalue weighted by Gasteiger charge is -2.34. The van der Waals surface area contributed by atoms with E-state index >= 15 is 0 Å². The van der Waals surface area contributed by atoms with Crippen molar-refractivity contribution in [2.75, 3.05) is 40.0 Å². The Morgan fingerprint density at radius 2 is 1.75 bits per heavy atom. The van der Waals surface area contributed by atoms with Crippen LogP contribution >= 0.6 is 0 Å². The summed E-state index contributed by atoms with van der Waals surface area (Å²) in [6.45, 7) is 4.71. The molecule has 2 aromatic carbocycles. The number of piperazine rings is 1. The van der Waals surface area contributed by atoms with Crippen LogP contribution in [0.15, 0.2) is 47.4 Å². The van der Waals surface area contributed by atoms with E-state index in [-0.39, 0.29) is 17.6 Å². The van der Waals surface area contributed by atoms with Crippen molar-refractivity contribution in [3.8, 4) is 17.2 Å². The molecule has 0 bridgehead atoms. The number of nitrogens with zero attached hydrogens (tertiary/aromatic N) is 2.